The average molecular weight is 286 g/mol. The van der Waals surface area contributed by atoms with E-state index < -0.39 is 0 Å². The Morgan fingerprint density at radius 2 is 1.81 bits per heavy atom. The van der Waals surface area contributed by atoms with Crippen molar-refractivity contribution in [2.45, 2.75) is 12.8 Å². The molecule has 21 heavy (non-hydrogen) atoms. The molecule has 2 nitrogen and oxygen atoms in total. The standard InChI is InChI=1S/C17H16F2N2/c18-14-4-3-5-15(11-14)20-12-13-6-7-17(16(19)10-13)21-8-1-2-9-21/h3-7,10-12H,1-2,8-9H2. The van der Waals surface area contributed by atoms with Gasteiger partial charge in [0.1, 0.15) is 11.6 Å². The van der Waals surface area contributed by atoms with E-state index in [2.05, 4.69) is 9.89 Å². The fraction of sp³-hybridized carbons (Fsp3) is 0.235. The van der Waals surface area contributed by atoms with E-state index in [9.17, 15) is 8.78 Å². The van der Waals surface area contributed by atoms with Gasteiger partial charge in [0, 0.05) is 19.3 Å². The average Bonchev–Trinajstić information content (AvgIpc) is 2.99. The summed E-state index contributed by atoms with van der Waals surface area (Å²) >= 11 is 0. The Morgan fingerprint density at radius 1 is 1.00 bits per heavy atom. The molecule has 1 saturated heterocycles. The van der Waals surface area contributed by atoms with E-state index in [-0.39, 0.29) is 11.6 Å². The Hall–Kier alpha value is -2.23. The van der Waals surface area contributed by atoms with Crippen LogP contribution in [0.4, 0.5) is 20.2 Å². The molecule has 4 heteroatoms. The van der Waals surface area contributed by atoms with Gasteiger partial charge in [-0.25, -0.2) is 8.78 Å². The molecule has 0 aliphatic carbocycles. The van der Waals surface area contributed by atoms with Crippen LogP contribution in [0, 0.1) is 11.6 Å². The van der Waals surface area contributed by atoms with Crippen LogP contribution in [0.25, 0.3) is 0 Å². The Kier molecular flexibility index (Phi) is 3.95. The molecule has 1 heterocycles. The van der Waals surface area contributed by atoms with Gasteiger partial charge in [0.05, 0.1) is 11.4 Å². The number of rotatable bonds is 3. The second-order valence-electron chi connectivity index (χ2n) is 5.14. The molecule has 1 fully saturated rings. The summed E-state index contributed by atoms with van der Waals surface area (Å²) in [5.74, 6) is -0.569. The monoisotopic (exact) mass is 286 g/mol. The molecule has 1 aliphatic heterocycles. The lowest BCUT2D eigenvalue weighted by molar-refractivity contribution is 0.623. The third-order valence-corrected chi connectivity index (χ3v) is 3.59. The summed E-state index contributed by atoms with van der Waals surface area (Å²) in [5, 5.41) is 0. The minimum absolute atomic E-state index is 0.236. The molecule has 0 N–H and O–H groups in total. The maximum Gasteiger partial charge on any atom is 0.147 e. The summed E-state index contributed by atoms with van der Waals surface area (Å²) in [5.41, 5.74) is 1.83. The zero-order valence-corrected chi connectivity index (χ0v) is 11.6. The van der Waals surface area contributed by atoms with Crippen LogP contribution in [0.3, 0.4) is 0 Å². The zero-order chi connectivity index (χ0) is 14.7. The molecule has 2 aromatic rings. The van der Waals surface area contributed by atoms with Crippen molar-refractivity contribution >= 4 is 17.6 Å². The van der Waals surface area contributed by atoms with Crippen LogP contribution in [-0.2, 0) is 0 Å². The first-order valence-corrected chi connectivity index (χ1v) is 7.06. The highest BCUT2D eigenvalue weighted by Crippen LogP contribution is 2.24. The van der Waals surface area contributed by atoms with Crippen molar-refractivity contribution in [2.24, 2.45) is 4.99 Å². The molecule has 0 aromatic heterocycles. The third-order valence-electron chi connectivity index (χ3n) is 3.59. The molecule has 108 valence electrons. The molecule has 0 radical (unpaired) electrons. The van der Waals surface area contributed by atoms with Crippen LogP contribution in [0.15, 0.2) is 47.5 Å². The van der Waals surface area contributed by atoms with E-state index in [1.807, 2.05) is 6.07 Å². The summed E-state index contributed by atoms with van der Waals surface area (Å²) in [6, 6.07) is 11.1. The minimum Gasteiger partial charge on any atom is -0.369 e. The predicted molar refractivity (Wildman–Crippen MR) is 81.5 cm³/mol. The van der Waals surface area contributed by atoms with Crippen molar-refractivity contribution in [3.8, 4) is 0 Å². The van der Waals surface area contributed by atoms with Crippen molar-refractivity contribution in [1.82, 2.24) is 0 Å². The summed E-state index contributed by atoms with van der Waals surface area (Å²) in [4.78, 5) is 6.22. The molecule has 1 aliphatic rings. The van der Waals surface area contributed by atoms with Crippen molar-refractivity contribution in [1.29, 1.82) is 0 Å². The Balaban J connectivity index is 1.78. The largest absolute Gasteiger partial charge is 0.369 e. The van der Waals surface area contributed by atoms with Gasteiger partial charge in [0.2, 0.25) is 0 Å². The van der Waals surface area contributed by atoms with Crippen LogP contribution in [-0.4, -0.2) is 19.3 Å². The van der Waals surface area contributed by atoms with Crippen molar-refractivity contribution in [3.05, 3.63) is 59.7 Å². The number of benzene rings is 2. The SMILES string of the molecule is Fc1cccc(N=Cc2ccc(N3CCCC3)c(F)c2)c1. The van der Waals surface area contributed by atoms with Gasteiger partial charge in [-0.15, -0.1) is 0 Å². The smallest absolute Gasteiger partial charge is 0.147 e. The first-order chi connectivity index (χ1) is 10.2. The van der Waals surface area contributed by atoms with Gasteiger partial charge in [0.15, 0.2) is 0 Å². The van der Waals surface area contributed by atoms with E-state index in [0.717, 1.165) is 25.9 Å². The van der Waals surface area contributed by atoms with E-state index in [0.29, 0.717) is 16.9 Å². The highest BCUT2D eigenvalue weighted by molar-refractivity contribution is 5.82. The van der Waals surface area contributed by atoms with Crippen molar-refractivity contribution < 1.29 is 8.78 Å². The number of anilines is 1. The molecular weight excluding hydrogens is 270 g/mol. The topological polar surface area (TPSA) is 15.6 Å². The van der Waals surface area contributed by atoms with E-state index in [1.165, 1.54) is 18.2 Å². The number of hydrogen-bond donors (Lipinski definition) is 0. The van der Waals surface area contributed by atoms with E-state index >= 15 is 0 Å². The van der Waals surface area contributed by atoms with E-state index in [4.69, 9.17) is 0 Å². The van der Waals surface area contributed by atoms with Gasteiger partial charge in [0.25, 0.3) is 0 Å². The maximum atomic E-state index is 14.1. The summed E-state index contributed by atoms with van der Waals surface area (Å²) in [7, 11) is 0. The maximum absolute atomic E-state index is 14.1. The normalized spacial score (nSPS) is 15.0. The van der Waals surface area contributed by atoms with Gasteiger partial charge >= 0.3 is 0 Å². The predicted octanol–water partition coefficient (Wildman–Crippen LogP) is 4.32. The quantitative estimate of drug-likeness (QED) is 0.767. The van der Waals surface area contributed by atoms with Crippen LogP contribution in [0.1, 0.15) is 18.4 Å². The zero-order valence-electron chi connectivity index (χ0n) is 11.6. The van der Waals surface area contributed by atoms with Crippen LogP contribution in [0.5, 0.6) is 0 Å². The number of hydrogen-bond acceptors (Lipinski definition) is 2. The lowest BCUT2D eigenvalue weighted by Gasteiger charge is -2.18. The molecule has 0 saturated carbocycles. The van der Waals surface area contributed by atoms with E-state index in [1.54, 1.807) is 24.4 Å². The number of aliphatic imine (C=N–C) groups is 1. The first-order valence-electron chi connectivity index (χ1n) is 7.06. The fourth-order valence-electron chi connectivity index (χ4n) is 2.52. The van der Waals surface area contributed by atoms with Crippen molar-refractivity contribution in [2.75, 3.05) is 18.0 Å². The molecule has 0 atom stereocenters. The Morgan fingerprint density at radius 3 is 2.52 bits per heavy atom. The fourth-order valence-corrected chi connectivity index (χ4v) is 2.52. The highest BCUT2D eigenvalue weighted by Gasteiger charge is 2.15. The first kappa shape index (κ1) is 13.7. The van der Waals surface area contributed by atoms with Gasteiger partial charge in [-0.2, -0.15) is 0 Å². The highest BCUT2D eigenvalue weighted by atomic mass is 19.1. The molecule has 2 aromatic carbocycles. The van der Waals surface area contributed by atoms with Crippen LogP contribution in [0.2, 0.25) is 0 Å². The van der Waals surface area contributed by atoms with Crippen LogP contribution >= 0.6 is 0 Å². The van der Waals surface area contributed by atoms with Gasteiger partial charge in [-0.05, 0) is 48.7 Å². The number of halogens is 2. The molecule has 0 bridgehead atoms. The summed E-state index contributed by atoms with van der Waals surface area (Å²) in [6.45, 7) is 1.82. The lowest BCUT2D eigenvalue weighted by Crippen LogP contribution is -2.18. The van der Waals surface area contributed by atoms with Gasteiger partial charge < -0.3 is 4.90 Å². The molecule has 0 amide bonds. The molecule has 3 rings (SSSR count). The third kappa shape index (κ3) is 3.27. The second kappa shape index (κ2) is 6.04. The van der Waals surface area contributed by atoms with Crippen LogP contribution < -0.4 is 4.90 Å². The summed E-state index contributed by atoms with van der Waals surface area (Å²) < 4.78 is 27.2. The molecule has 0 spiro atoms. The van der Waals surface area contributed by atoms with Crippen molar-refractivity contribution in [3.63, 3.8) is 0 Å². The van der Waals surface area contributed by atoms with Gasteiger partial charge in [-0.1, -0.05) is 12.1 Å². The second-order valence-corrected chi connectivity index (χ2v) is 5.14. The Labute approximate surface area is 122 Å². The Bertz CT molecular complexity index is 662. The minimum atomic E-state index is -0.333. The summed E-state index contributed by atoms with van der Waals surface area (Å²) in [6.07, 6.45) is 3.77. The number of nitrogens with zero attached hydrogens (tertiary/aromatic N) is 2. The lowest BCUT2D eigenvalue weighted by atomic mass is 10.2. The molecular formula is C17H16F2N2. The van der Waals surface area contributed by atoms with Gasteiger partial charge in [-0.3, -0.25) is 4.99 Å². The molecule has 0 unspecified atom stereocenters.